The molecule has 0 aliphatic rings. The van der Waals surface area contributed by atoms with Gasteiger partial charge in [0.15, 0.2) is 0 Å². The fraction of sp³-hybridized carbons (Fsp3) is 0.385. The van der Waals surface area contributed by atoms with Gasteiger partial charge in [-0.25, -0.2) is 0 Å². The van der Waals surface area contributed by atoms with Gasteiger partial charge in [0.05, 0.1) is 11.1 Å². The van der Waals surface area contributed by atoms with Crippen molar-refractivity contribution in [1.82, 2.24) is 4.90 Å². The molecule has 1 N–H and O–H groups in total. The van der Waals surface area contributed by atoms with Crippen LogP contribution in [0, 0.1) is 0 Å². The molecular weight excluding hydrogens is 355 g/mol. The molecule has 1 amide bonds. The number of carboxylic acid groups (broad SMARTS) is 1. The number of aliphatic carboxylic acids is 1. The van der Waals surface area contributed by atoms with Crippen LogP contribution in [0.25, 0.3) is 0 Å². The summed E-state index contributed by atoms with van der Waals surface area (Å²) in [5, 5.41) is 8.77. The Hall–Kier alpha value is -1.57. The van der Waals surface area contributed by atoms with E-state index >= 15 is 0 Å². The van der Waals surface area contributed by atoms with Crippen molar-refractivity contribution in [2.45, 2.75) is 19.5 Å². The Morgan fingerprint density at radius 3 is 2.43 bits per heavy atom. The molecule has 0 aliphatic carbocycles. The van der Waals surface area contributed by atoms with E-state index in [9.17, 15) is 22.8 Å². The van der Waals surface area contributed by atoms with Crippen LogP contribution in [-0.2, 0) is 11.0 Å². The van der Waals surface area contributed by atoms with Crippen LogP contribution in [-0.4, -0.2) is 35.0 Å². The van der Waals surface area contributed by atoms with Crippen molar-refractivity contribution in [3.63, 3.8) is 0 Å². The Balaban J connectivity index is 3.17. The summed E-state index contributed by atoms with van der Waals surface area (Å²) in [5.74, 6) is -1.97. The quantitative estimate of drug-likeness (QED) is 0.867. The van der Waals surface area contributed by atoms with E-state index in [-0.39, 0.29) is 16.6 Å². The van der Waals surface area contributed by atoms with Gasteiger partial charge in [0.25, 0.3) is 5.91 Å². The number of carbonyl (C=O) groups excluding carboxylic acids is 1. The zero-order valence-electron chi connectivity index (χ0n) is 11.1. The molecule has 4 nitrogen and oxygen atoms in total. The molecule has 1 rings (SSSR count). The topological polar surface area (TPSA) is 57.6 Å². The summed E-state index contributed by atoms with van der Waals surface area (Å²) in [6, 6.07) is 2.69. The number of amides is 1. The molecule has 0 aliphatic heterocycles. The maximum Gasteiger partial charge on any atom is 0.416 e. The van der Waals surface area contributed by atoms with Gasteiger partial charge in [-0.15, -0.1) is 0 Å². The van der Waals surface area contributed by atoms with Gasteiger partial charge >= 0.3 is 12.1 Å². The first-order valence-corrected chi connectivity index (χ1v) is 6.84. The molecule has 8 heteroatoms. The summed E-state index contributed by atoms with van der Waals surface area (Å²) in [7, 11) is 0. The average molecular weight is 368 g/mol. The molecule has 0 heterocycles. The lowest BCUT2D eigenvalue weighted by Gasteiger charge is -2.21. The molecule has 0 aromatic heterocycles. The average Bonchev–Trinajstić information content (AvgIpc) is 2.36. The fourth-order valence-corrected chi connectivity index (χ4v) is 2.14. The predicted molar refractivity (Wildman–Crippen MR) is 73.0 cm³/mol. The highest BCUT2D eigenvalue weighted by Gasteiger charge is 2.32. The Morgan fingerprint density at radius 1 is 1.33 bits per heavy atom. The molecule has 0 unspecified atom stereocenters. The molecule has 0 fully saturated rings. The Kier molecular flexibility index (Phi) is 5.77. The van der Waals surface area contributed by atoms with E-state index in [0.717, 1.165) is 23.1 Å². The number of nitrogens with zero attached hydrogens (tertiary/aromatic N) is 1. The van der Waals surface area contributed by atoms with Crippen LogP contribution in [0.3, 0.4) is 0 Å². The van der Waals surface area contributed by atoms with E-state index in [0.29, 0.717) is 6.42 Å². The number of alkyl halides is 3. The Labute approximate surface area is 127 Å². The van der Waals surface area contributed by atoms with Crippen LogP contribution in [0.4, 0.5) is 13.2 Å². The number of benzene rings is 1. The molecule has 0 saturated carbocycles. The number of hydrogen-bond acceptors (Lipinski definition) is 2. The molecule has 1 aromatic carbocycles. The summed E-state index contributed by atoms with van der Waals surface area (Å²) in [4.78, 5) is 24.0. The maximum absolute atomic E-state index is 12.7. The van der Waals surface area contributed by atoms with Crippen molar-refractivity contribution in [2.75, 3.05) is 13.1 Å². The first-order chi connectivity index (χ1) is 9.66. The number of hydrogen-bond donors (Lipinski definition) is 1. The molecule has 21 heavy (non-hydrogen) atoms. The van der Waals surface area contributed by atoms with Gasteiger partial charge in [-0.05, 0) is 40.5 Å². The molecule has 0 atom stereocenters. The van der Waals surface area contributed by atoms with Crippen LogP contribution in [0.1, 0.15) is 29.3 Å². The van der Waals surface area contributed by atoms with E-state index < -0.39 is 30.2 Å². The summed E-state index contributed by atoms with van der Waals surface area (Å²) < 4.78 is 38.3. The van der Waals surface area contributed by atoms with Crippen LogP contribution >= 0.6 is 15.9 Å². The zero-order valence-corrected chi connectivity index (χ0v) is 12.7. The van der Waals surface area contributed by atoms with E-state index in [1.54, 1.807) is 6.92 Å². The van der Waals surface area contributed by atoms with Crippen LogP contribution in [0.15, 0.2) is 22.7 Å². The monoisotopic (exact) mass is 367 g/mol. The van der Waals surface area contributed by atoms with E-state index in [2.05, 4.69) is 15.9 Å². The largest absolute Gasteiger partial charge is 0.480 e. The summed E-state index contributed by atoms with van der Waals surface area (Å²) in [5.41, 5.74) is -1.17. The number of halogens is 4. The molecule has 0 saturated heterocycles. The Morgan fingerprint density at radius 2 is 1.95 bits per heavy atom. The third-order valence-corrected chi connectivity index (χ3v) is 3.32. The van der Waals surface area contributed by atoms with Crippen molar-refractivity contribution in [3.8, 4) is 0 Å². The van der Waals surface area contributed by atoms with E-state index in [4.69, 9.17) is 5.11 Å². The summed E-state index contributed by atoms with van der Waals surface area (Å²) >= 11 is 3.02. The smallest absolute Gasteiger partial charge is 0.416 e. The SMILES string of the molecule is CCCN(CC(=O)O)C(=O)c1cc(C(F)(F)F)ccc1Br. The van der Waals surface area contributed by atoms with Crippen LogP contribution in [0.5, 0.6) is 0 Å². The van der Waals surface area contributed by atoms with Crippen molar-refractivity contribution < 1.29 is 27.9 Å². The lowest BCUT2D eigenvalue weighted by atomic mass is 10.1. The minimum Gasteiger partial charge on any atom is -0.480 e. The van der Waals surface area contributed by atoms with Gasteiger partial charge < -0.3 is 10.0 Å². The van der Waals surface area contributed by atoms with Crippen molar-refractivity contribution in [2.24, 2.45) is 0 Å². The van der Waals surface area contributed by atoms with Gasteiger partial charge in [0.2, 0.25) is 0 Å². The molecular formula is C13H13BrF3NO3. The lowest BCUT2D eigenvalue weighted by Crippen LogP contribution is -2.36. The minimum absolute atomic E-state index is 0.147. The second-order valence-electron chi connectivity index (χ2n) is 4.31. The zero-order chi connectivity index (χ0) is 16.2. The number of carbonyl (C=O) groups is 2. The second kappa shape index (κ2) is 6.93. The maximum atomic E-state index is 12.7. The molecule has 0 radical (unpaired) electrons. The lowest BCUT2D eigenvalue weighted by molar-refractivity contribution is -0.138. The standard InChI is InChI=1S/C13H13BrF3NO3/c1-2-5-18(7-11(19)20)12(21)9-6-8(13(15,16)17)3-4-10(9)14/h3-4,6H,2,5,7H2,1H3,(H,19,20). The Bertz CT molecular complexity index is 546. The molecule has 116 valence electrons. The minimum atomic E-state index is -4.57. The van der Waals surface area contributed by atoms with Crippen LogP contribution < -0.4 is 0 Å². The van der Waals surface area contributed by atoms with E-state index in [1.165, 1.54) is 0 Å². The first-order valence-electron chi connectivity index (χ1n) is 6.04. The molecule has 0 spiro atoms. The van der Waals surface area contributed by atoms with Gasteiger partial charge in [0.1, 0.15) is 6.54 Å². The normalized spacial score (nSPS) is 11.3. The highest BCUT2D eigenvalue weighted by atomic mass is 79.9. The number of rotatable bonds is 5. The highest BCUT2D eigenvalue weighted by Crippen LogP contribution is 2.32. The highest BCUT2D eigenvalue weighted by molar-refractivity contribution is 9.10. The third kappa shape index (κ3) is 4.73. The van der Waals surface area contributed by atoms with Gasteiger partial charge in [-0.2, -0.15) is 13.2 Å². The predicted octanol–water partition coefficient (Wildman–Crippen LogP) is 3.40. The molecule has 1 aromatic rings. The second-order valence-corrected chi connectivity index (χ2v) is 5.17. The molecule has 0 bridgehead atoms. The van der Waals surface area contributed by atoms with Gasteiger partial charge in [-0.1, -0.05) is 6.92 Å². The van der Waals surface area contributed by atoms with Crippen molar-refractivity contribution >= 4 is 27.8 Å². The number of carboxylic acids is 1. The summed E-state index contributed by atoms with van der Waals surface area (Å²) in [6.07, 6.45) is -4.08. The summed E-state index contributed by atoms with van der Waals surface area (Å²) in [6.45, 7) is 1.33. The third-order valence-electron chi connectivity index (χ3n) is 2.63. The van der Waals surface area contributed by atoms with Gasteiger partial charge in [0, 0.05) is 11.0 Å². The van der Waals surface area contributed by atoms with Crippen molar-refractivity contribution in [3.05, 3.63) is 33.8 Å². The first kappa shape index (κ1) is 17.5. The van der Waals surface area contributed by atoms with Crippen LogP contribution in [0.2, 0.25) is 0 Å². The van der Waals surface area contributed by atoms with Gasteiger partial charge in [-0.3, -0.25) is 9.59 Å². The van der Waals surface area contributed by atoms with Crippen molar-refractivity contribution in [1.29, 1.82) is 0 Å². The fourth-order valence-electron chi connectivity index (χ4n) is 1.72. The van der Waals surface area contributed by atoms with E-state index in [1.807, 2.05) is 0 Å².